The highest BCUT2D eigenvalue weighted by Crippen LogP contribution is 2.43. The zero-order valence-corrected chi connectivity index (χ0v) is 21.6. The summed E-state index contributed by atoms with van der Waals surface area (Å²) in [5.74, 6) is 1.74. The summed E-state index contributed by atoms with van der Waals surface area (Å²) in [5, 5.41) is 23.1. The van der Waals surface area contributed by atoms with E-state index in [1.54, 1.807) is 23.9 Å². The molecule has 1 aliphatic heterocycles. The normalized spacial score (nSPS) is 14.6. The van der Waals surface area contributed by atoms with Gasteiger partial charge in [0.1, 0.15) is 0 Å². The first-order chi connectivity index (χ1) is 15.5. The lowest BCUT2D eigenvalue weighted by Crippen LogP contribution is -2.17. The number of nitrogens with zero attached hydrogens (tertiary/aromatic N) is 3. The number of benzene rings is 2. The quantitative estimate of drug-likeness (QED) is 0.239. The number of hydrogen-bond donors (Lipinski definition) is 2. The summed E-state index contributed by atoms with van der Waals surface area (Å²) in [6.07, 6.45) is 1.60. The van der Waals surface area contributed by atoms with Gasteiger partial charge < -0.3 is 19.9 Å². The predicted octanol–water partition coefficient (Wildman–Crippen LogP) is 6.56. The van der Waals surface area contributed by atoms with Gasteiger partial charge in [-0.2, -0.15) is 4.98 Å². The van der Waals surface area contributed by atoms with Crippen molar-refractivity contribution in [2.45, 2.75) is 38.1 Å². The van der Waals surface area contributed by atoms with E-state index < -0.39 is 6.23 Å². The average Bonchev–Trinajstić information content (AvgIpc) is 2.93. The van der Waals surface area contributed by atoms with E-state index in [2.05, 4.69) is 59.3 Å². The molecular formula is C22H22Br2N4O3S. The van der Waals surface area contributed by atoms with Crippen molar-refractivity contribution in [3.8, 4) is 28.6 Å². The molecule has 168 valence electrons. The lowest BCUT2D eigenvalue weighted by atomic mass is 10.1. The molecule has 0 amide bonds. The van der Waals surface area contributed by atoms with Crippen molar-refractivity contribution in [1.82, 2.24) is 15.2 Å². The largest absolute Gasteiger partial charge is 0.503 e. The first-order valence-corrected chi connectivity index (χ1v) is 12.8. The summed E-state index contributed by atoms with van der Waals surface area (Å²) in [6, 6.07) is 9.42. The SMILES string of the molecule is CCCCSc1nnc2c(n1)O[C@@H](c1cc(Br)c(O)c(OCC)c1)Nc1ccc(Br)cc1-2. The zero-order valence-electron chi connectivity index (χ0n) is 17.6. The van der Waals surface area contributed by atoms with Gasteiger partial charge in [0.2, 0.25) is 11.0 Å². The van der Waals surface area contributed by atoms with Crippen LogP contribution in [0.25, 0.3) is 11.3 Å². The van der Waals surface area contributed by atoms with Crippen molar-refractivity contribution < 1.29 is 14.6 Å². The molecule has 0 bridgehead atoms. The zero-order chi connectivity index (χ0) is 22.7. The lowest BCUT2D eigenvalue weighted by molar-refractivity contribution is 0.224. The maximum atomic E-state index is 10.3. The molecule has 0 radical (unpaired) electrons. The second-order valence-corrected chi connectivity index (χ2v) is 9.90. The standard InChI is InChI=1S/C22H22Br2N4O3S/c1-3-5-8-32-22-26-21-18(27-28-22)14-11-13(23)6-7-16(14)25-20(31-21)12-9-15(24)19(29)17(10-12)30-4-2/h6-7,9-11,20,25,29H,3-5,8H2,1-2H3/t20-/m0/s1. The third-order valence-corrected chi connectivity index (χ3v) is 6.79. The van der Waals surface area contributed by atoms with E-state index >= 15 is 0 Å². The van der Waals surface area contributed by atoms with Gasteiger partial charge in [0, 0.05) is 27.0 Å². The minimum Gasteiger partial charge on any atom is -0.503 e. The Balaban J connectivity index is 1.78. The number of aromatic hydroxyl groups is 1. The maximum absolute atomic E-state index is 10.3. The highest BCUT2D eigenvalue weighted by Gasteiger charge is 2.27. The van der Waals surface area contributed by atoms with Crippen LogP contribution >= 0.6 is 43.6 Å². The molecule has 0 spiro atoms. The molecule has 0 unspecified atom stereocenters. The molecule has 0 saturated carbocycles. The summed E-state index contributed by atoms with van der Waals surface area (Å²) in [5.41, 5.74) is 3.00. The Labute approximate surface area is 207 Å². The van der Waals surface area contributed by atoms with E-state index in [9.17, 15) is 5.11 Å². The Morgan fingerprint density at radius 3 is 2.81 bits per heavy atom. The van der Waals surface area contributed by atoms with Crippen molar-refractivity contribution in [3.05, 3.63) is 44.8 Å². The van der Waals surface area contributed by atoms with Gasteiger partial charge >= 0.3 is 0 Å². The van der Waals surface area contributed by atoms with Crippen molar-refractivity contribution in [2.75, 3.05) is 17.7 Å². The van der Waals surface area contributed by atoms with Gasteiger partial charge in [-0.25, -0.2) is 0 Å². The Hall–Kier alpha value is -2.04. The van der Waals surface area contributed by atoms with Crippen molar-refractivity contribution in [1.29, 1.82) is 0 Å². The lowest BCUT2D eigenvalue weighted by Gasteiger charge is -2.21. The topological polar surface area (TPSA) is 89.4 Å². The number of thioether (sulfide) groups is 1. The molecule has 1 aliphatic rings. The Bertz CT molecular complexity index is 1130. The number of rotatable bonds is 7. The van der Waals surface area contributed by atoms with Crippen LogP contribution in [0.2, 0.25) is 0 Å². The van der Waals surface area contributed by atoms with Crippen molar-refractivity contribution in [2.24, 2.45) is 0 Å². The van der Waals surface area contributed by atoms with Crippen LogP contribution in [0.1, 0.15) is 38.5 Å². The van der Waals surface area contributed by atoms with Gasteiger partial charge in [0.25, 0.3) is 0 Å². The number of phenolic OH excluding ortho intramolecular Hbond substituents is 1. The van der Waals surface area contributed by atoms with Gasteiger partial charge in [-0.3, -0.25) is 0 Å². The monoisotopic (exact) mass is 580 g/mol. The van der Waals surface area contributed by atoms with Crippen LogP contribution < -0.4 is 14.8 Å². The Morgan fingerprint density at radius 1 is 1.19 bits per heavy atom. The molecule has 10 heteroatoms. The molecule has 7 nitrogen and oxygen atoms in total. The molecule has 0 aliphatic carbocycles. The molecule has 2 heterocycles. The maximum Gasteiger partial charge on any atom is 0.247 e. The fraction of sp³-hybridized carbons (Fsp3) is 0.318. The number of phenols is 1. The Morgan fingerprint density at radius 2 is 2.03 bits per heavy atom. The number of nitrogens with one attached hydrogen (secondary N) is 1. The van der Waals surface area contributed by atoms with Crippen LogP contribution in [0, 0.1) is 0 Å². The highest BCUT2D eigenvalue weighted by atomic mass is 79.9. The second-order valence-electron chi connectivity index (χ2n) is 7.06. The number of halogens is 2. The van der Waals surface area contributed by atoms with E-state index in [0.29, 0.717) is 33.6 Å². The van der Waals surface area contributed by atoms with E-state index in [1.807, 2.05) is 25.1 Å². The molecule has 32 heavy (non-hydrogen) atoms. The van der Waals surface area contributed by atoms with Gasteiger partial charge in [-0.15, -0.1) is 10.2 Å². The van der Waals surface area contributed by atoms with Crippen LogP contribution in [0.3, 0.4) is 0 Å². The smallest absolute Gasteiger partial charge is 0.247 e. The third-order valence-electron chi connectivity index (χ3n) is 4.77. The van der Waals surface area contributed by atoms with E-state index in [4.69, 9.17) is 9.47 Å². The number of ether oxygens (including phenoxy) is 2. The van der Waals surface area contributed by atoms with Crippen molar-refractivity contribution >= 4 is 49.3 Å². The number of aromatic nitrogens is 3. The summed E-state index contributed by atoms with van der Waals surface area (Å²) < 4.78 is 13.4. The first kappa shape index (κ1) is 23.1. The van der Waals surface area contributed by atoms with Gasteiger partial charge in [-0.05, 0) is 59.6 Å². The van der Waals surface area contributed by atoms with Crippen LogP contribution in [0.15, 0.2) is 44.4 Å². The molecule has 1 atom stereocenters. The molecule has 1 aromatic heterocycles. The molecular weight excluding hydrogens is 560 g/mol. The Kier molecular flexibility index (Phi) is 7.42. The summed E-state index contributed by atoms with van der Waals surface area (Å²) >= 11 is 8.51. The van der Waals surface area contributed by atoms with Gasteiger partial charge in [0.05, 0.1) is 11.1 Å². The van der Waals surface area contributed by atoms with Gasteiger partial charge in [0.15, 0.2) is 23.4 Å². The minimum atomic E-state index is -0.586. The highest BCUT2D eigenvalue weighted by molar-refractivity contribution is 9.10. The fourth-order valence-corrected chi connectivity index (χ4v) is 4.88. The van der Waals surface area contributed by atoms with Crippen LogP contribution in [0.4, 0.5) is 5.69 Å². The molecule has 3 aromatic rings. The van der Waals surface area contributed by atoms with E-state index in [0.717, 1.165) is 39.9 Å². The van der Waals surface area contributed by atoms with E-state index in [1.165, 1.54) is 0 Å². The van der Waals surface area contributed by atoms with Crippen LogP contribution in [-0.4, -0.2) is 32.6 Å². The summed E-state index contributed by atoms with van der Waals surface area (Å²) in [7, 11) is 0. The minimum absolute atomic E-state index is 0.0487. The molecule has 2 N–H and O–H groups in total. The molecule has 4 rings (SSSR count). The molecule has 0 fully saturated rings. The number of anilines is 1. The van der Waals surface area contributed by atoms with Crippen molar-refractivity contribution in [3.63, 3.8) is 0 Å². The summed E-state index contributed by atoms with van der Waals surface area (Å²) in [6.45, 7) is 4.44. The second kappa shape index (κ2) is 10.3. The number of unbranched alkanes of at least 4 members (excludes halogenated alkanes) is 1. The number of fused-ring (bicyclic) bond motifs is 3. The van der Waals surface area contributed by atoms with Crippen LogP contribution in [0.5, 0.6) is 17.4 Å². The van der Waals surface area contributed by atoms with Gasteiger partial charge in [-0.1, -0.05) is 41.0 Å². The molecule has 2 aromatic carbocycles. The summed E-state index contributed by atoms with van der Waals surface area (Å²) in [4.78, 5) is 4.67. The first-order valence-electron chi connectivity index (χ1n) is 10.3. The predicted molar refractivity (Wildman–Crippen MR) is 133 cm³/mol. The molecule has 0 saturated heterocycles. The fourth-order valence-electron chi connectivity index (χ4n) is 3.20. The van der Waals surface area contributed by atoms with E-state index in [-0.39, 0.29) is 5.75 Å². The van der Waals surface area contributed by atoms with Crippen LogP contribution in [-0.2, 0) is 0 Å². The number of hydrogen-bond acceptors (Lipinski definition) is 8. The average molecular weight is 582 g/mol. The third kappa shape index (κ3) is 4.97.